The highest BCUT2D eigenvalue weighted by Gasteiger charge is 2.04. The lowest BCUT2D eigenvalue weighted by molar-refractivity contribution is 0.296. The molecule has 15 heavy (non-hydrogen) atoms. The monoisotopic (exact) mass is 207 g/mol. The molecule has 0 N–H and O–H groups in total. The van der Waals surface area contributed by atoms with E-state index >= 15 is 0 Å². The molecular formula is C10H13N3O2. The van der Waals surface area contributed by atoms with E-state index in [9.17, 15) is 0 Å². The Balaban J connectivity index is 2.74. The van der Waals surface area contributed by atoms with E-state index in [4.69, 9.17) is 9.47 Å². The fourth-order valence-electron chi connectivity index (χ4n) is 0.830. The number of aryl methyl sites for hydroxylation is 1. The number of nitrogens with zero attached hydrogens (tertiary/aromatic N) is 3. The van der Waals surface area contributed by atoms with Crippen LogP contribution >= 0.6 is 0 Å². The first kappa shape index (κ1) is 11.2. The lowest BCUT2D eigenvalue weighted by atomic mass is 10.7. The van der Waals surface area contributed by atoms with Crippen LogP contribution in [0, 0.1) is 6.92 Å². The minimum absolute atomic E-state index is 0.237. The van der Waals surface area contributed by atoms with Gasteiger partial charge in [0, 0.05) is 0 Å². The molecule has 1 heterocycles. The standard InChI is InChI=1S/C10H13N3O2/c1-4-6-14-9-11-8(3)12-10(13-9)15-7-5-2/h4-5H,1-2,6-7H2,3H3. The highest BCUT2D eigenvalue weighted by atomic mass is 16.5. The molecule has 5 nitrogen and oxygen atoms in total. The van der Waals surface area contributed by atoms with Crippen molar-refractivity contribution in [3.05, 3.63) is 31.1 Å². The number of rotatable bonds is 6. The fourth-order valence-corrected chi connectivity index (χ4v) is 0.830. The van der Waals surface area contributed by atoms with E-state index < -0.39 is 0 Å². The molecule has 0 aliphatic carbocycles. The summed E-state index contributed by atoms with van der Waals surface area (Å²) >= 11 is 0. The van der Waals surface area contributed by atoms with E-state index in [2.05, 4.69) is 28.1 Å². The molecular weight excluding hydrogens is 194 g/mol. The van der Waals surface area contributed by atoms with Crippen LogP contribution in [0.3, 0.4) is 0 Å². The van der Waals surface area contributed by atoms with Crippen LogP contribution in [-0.2, 0) is 0 Å². The molecule has 0 spiro atoms. The average Bonchev–Trinajstić information content (AvgIpc) is 2.23. The molecule has 1 aromatic heterocycles. The SMILES string of the molecule is C=CCOc1nc(C)nc(OCC=C)n1. The van der Waals surface area contributed by atoms with Crippen LogP contribution in [0.15, 0.2) is 25.3 Å². The van der Waals surface area contributed by atoms with Gasteiger partial charge < -0.3 is 9.47 Å². The molecule has 0 bridgehead atoms. The first-order valence-electron chi connectivity index (χ1n) is 4.46. The van der Waals surface area contributed by atoms with Gasteiger partial charge >= 0.3 is 12.0 Å². The lowest BCUT2D eigenvalue weighted by Crippen LogP contribution is -2.05. The molecule has 0 atom stereocenters. The van der Waals surface area contributed by atoms with Crippen LogP contribution in [-0.4, -0.2) is 28.2 Å². The number of ether oxygens (including phenoxy) is 2. The topological polar surface area (TPSA) is 57.1 Å². The summed E-state index contributed by atoms with van der Waals surface area (Å²) in [6.07, 6.45) is 3.23. The van der Waals surface area contributed by atoms with Crippen LogP contribution in [0.1, 0.15) is 5.82 Å². The smallest absolute Gasteiger partial charge is 0.323 e. The van der Waals surface area contributed by atoms with Crippen LogP contribution in [0.2, 0.25) is 0 Å². The third-order valence-electron chi connectivity index (χ3n) is 1.37. The van der Waals surface area contributed by atoms with Crippen LogP contribution in [0.25, 0.3) is 0 Å². The highest BCUT2D eigenvalue weighted by Crippen LogP contribution is 2.08. The molecule has 1 aromatic rings. The Bertz CT molecular complexity index is 322. The Morgan fingerprint density at radius 1 is 1.00 bits per heavy atom. The van der Waals surface area contributed by atoms with Crippen LogP contribution in [0.5, 0.6) is 12.0 Å². The van der Waals surface area contributed by atoms with Crippen molar-refractivity contribution in [2.75, 3.05) is 13.2 Å². The molecule has 0 saturated carbocycles. The Kier molecular flexibility index (Phi) is 4.28. The first-order chi connectivity index (χ1) is 7.26. The Morgan fingerprint density at radius 3 is 1.87 bits per heavy atom. The van der Waals surface area contributed by atoms with Crippen molar-refractivity contribution in [3.8, 4) is 12.0 Å². The summed E-state index contributed by atoms with van der Waals surface area (Å²) in [6.45, 7) is 9.50. The minimum atomic E-state index is 0.237. The van der Waals surface area contributed by atoms with Gasteiger partial charge in [0.2, 0.25) is 0 Å². The van der Waals surface area contributed by atoms with E-state index in [1.165, 1.54) is 0 Å². The largest absolute Gasteiger partial charge is 0.459 e. The molecule has 0 unspecified atom stereocenters. The third kappa shape index (κ3) is 3.76. The molecule has 0 aliphatic heterocycles. The van der Waals surface area contributed by atoms with Crippen molar-refractivity contribution < 1.29 is 9.47 Å². The van der Waals surface area contributed by atoms with E-state index in [0.717, 1.165) is 0 Å². The van der Waals surface area contributed by atoms with Gasteiger partial charge in [-0.15, -0.1) is 4.98 Å². The maximum atomic E-state index is 5.17. The van der Waals surface area contributed by atoms with Gasteiger partial charge in [-0.2, -0.15) is 9.97 Å². The van der Waals surface area contributed by atoms with Gasteiger partial charge in [-0.3, -0.25) is 0 Å². The first-order valence-corrected chi connectivity index (χ1v) is 4.46. The maximum absolute atomic E-state index is 5.17. The Labute approximate surface area is 88.5 Å². The second-order valence-corrected chi connectivity index (χ2v) is 2.65. The van der Waals surface area contributed by atoms with E-state index in [0.29, 0.717) is 19.0 Å². The predicted octanol–water partition coefficient (Wildman–Crippen LogP) is 1.31. The average molecular weight is 207 g/mol. The predicted molar refractivity (Wildman–Crippen MR) is 55.9 cm³/mol. The molecule has 0 aromatic carbocycles. The molecule has 0 saturated heterocycles. The molecule has 0 radical (unpaired) electrons. The van der Waals surface area contributed by atoms with Crippen molar-refractivity contribution >= 4 is 0 Å². The summed E-state index contributed by atoms with van der Waals surface area (Å²) in [7, 11) is 0. The zero-order valence-electron chi connectivity index (χ0n) is 8.64. The van der Waals surface area contributed by atoms with Crippen molar-refractivity contribution in [1.29, 1.82) is 0 Å². The summed E-state index contributed by atoms with van der Waals surface area (Å²) in [6, 6.07) is 0.475. The van der Waals surface area contributed by atoms with Gasteiger partial charge in [-0.05, 0) is 6.92 Å². The summed E-state index contributed by atoms with van der Waals surface area (Å²) in [5, 5.41) is 0. The van der Waals surface area contributed by atoms with Crippen molar-refractivity contribution in [2.24, 2.45) is 0 Å². The second kappa shape index (κ2) is 5.74. The Morgan fingerprint density at radius 2 is 1.47 bits per heavy atom. The van der Waals surface area contributed by atoms with Gasteiger partial charge in [-0.25, -0.2) is 0 Å². The molecule has 0 aliphatic rings. The summed E-state index contributed by atoms with van der Waals surface area (Å²) in [5.74, 6) is 0.545. The van der Waals surface area contributed by atoms with E-state index in [1.54, 1.807) is 19.1 Å². The van der Waals surface area contributed by atoms with Gasteiger partial charge in [0.05, 0.1) is 0 Å². The number of aromatic nitrogens is 3. The van der Waals surface area contributed by atoms with Crippen LogP contribution < -0.4 is 9.47 Å². The number of hydrogen-bond acceptors (Lipinski definition) is 5. The van der Waals surface area contributed by atoms with E-state index in [1.807, 2.05) is 0 Å². The zero-order chi connectivity index (χ0) is 11.1. The third-order valence-corrected chi connectivity index (χ3v) is 1.37. The molecule has 5 heteroatoms. The van der Waals surface area contributed by atoms with Crippen molar-refractivity contribution in [3.63, 3.8) is 0 Å². The molecule has 0 fully saturated rings. The maximum Gasteiger partial charge on any atom is 0.323 e. The summed E-state index contributed by atoms with van der Waals surface area (Å²) in [4.78, 5) is 11.9. The van der Waals surface area contributed by atoms with Crippen molar-refractivity contribution in [1.82, 2.24) is 15.0 Å². The molecule has 1 rings (SSSR count). The number of hydrogen-bond donors (Lipinski definition) is 0. The Hall–Kier alpha value is -1.91. The fraction of sp³-hybridized carbons (Fsp3) is 0.300. The highest BCUT2D eigenvalue weighted by molar-refractivity contribution is 5.05. The molecule has 80 valence electrons. The van der Waals surface area contributed by atoms with E-state index in [-0.39, 0.29) is 12.0 Å². The van der Waals surface area contributed by atoms with Crippen LogP contribution in [0.4, 0.5) is 0 Å². The summed E-state index contributed by atoms with van der Waals surface area (Å²) < 4.78 is 10.3. The zero-order valence-corrected chi connectivity index (χ0v) is 8.64. The van der Waals surface area contributed by atoms with Gasteiger partial charge in [-0.1, -0.05) is 25.3 Å². The van der Waals surface area contributed by atoms with Gasteiger partial charge in [0.1, 0.15) is 19.0 Å². The van der Waals surface area contributed by atoms with Gasteiger partial charge in [0.15, 0.2) is 0 Å². The second-order valence-electron chi connectivity index (χ2n) is 2.65. The normalized spacial score (nSPS) is 9.40. The quantitative estimate of drug-likeness (QED) is 0.658. The molecule has 0 amide bonds. The van der Waals surface area contributed by atoms with Crippen molar-refractivity contribution in [2.45, 2.75) is 6.92 Å². The summed E-state index contributed by atoms with van der Waals surface area (Å²) in [5.41, 5.74) is 0. The minimum Gasteiger partial charge on any atom is -0.459 e. The lowest BCUT2D eigenvalue weighted by Gasteiger charge is -2.04. The van der Waals surface area contributed by atoms with Gasteiger partial charge in [0.25, 0.3) is 0 Å².